The van der Waals surface area contributed by atoms with Gasteiger partial charge in [0.15, 0.2) is 0 Å². The molecule has 0 radical (unpaired) electrons. The lowest BCUT2D eigenvalue weighted by molar-refractivity contribution is -0.130. The van der Waals surface area contributed by atoms with E-state index < -0.39 is 0 Å². The monoisotopic (exact) mass is 374 g/mol. The maximum absolute atomic E-state index is 12.7. The van der Waals surface area contributed by atoms with Gasteiger partial charge in [0.25, 0.3) is 0 Å². The highest BCUT2D eigenvalue weighted by Gasteiger charge is 2.48. The van der Waals surface area contributed by atoms with Crippen molar-refractivity contribution < 1.29 is 9.59 Å². The van der Waals surface area contributed by atoms with Crippen molar-refractivity contribution in [1.29, 1.82) is 0 Å². The van der Waals surface area contributed by atoms with Crippen molar-refractivity contribution in [1.82, 2.24) is 20.0 Å². The van der Waals surface area contributed by atoms with E-state index in [1.165, 1.54) is 38.6 Å². The normalized spacial score (nSPS) is 39.7. The molecule has 5 fully saturated rings. The minimum absolute atomic E-state index is 0.0990. The van der Waals surface area contributed by atoms with Crippen LogP contribution in [0.15, 0.2) is 0 Å². The Balaban J connectivity index is 1.17. The fourth-order valence-electron chi connectivity index (χ4n) is 6.88. The first-order chi connectivity index (χ1) is 13.0. The molecule has 0 aromatic heterocycles. The Bertz CT molecular complexity index is 607. The van der Waals surface area contributed by atoms with Crippen LogP contribution >= 0.6 is 0 Å². The van der Waals surface area contributed by atoms with Crippen LogP contribution in [-0.2, 0) is 4.79 Å². The van der Waals surface area contributed by atoms with Crippen molar-refractivity contribution in [2.45, 2.75) is 76.4 Å². The first-order valence-electron chi connectivity index (χ1n) is 11.1. The summed E-state index contributed by atoms with van der Waals surface area (Å²) in [7, 11) is 0. The Kier molecular flexibility index (Phi) is 4.37. The summed E-state index contributed by atoms with van der Waals surface area (Å²) in [6, 6.07) is 0.856. The van der Waals surface area contributed by atoms with Crippen LogP contribution in [0.25, 0.3) is 0 Å². The quantitative estimate of drug-likeness (QED) is 0.823. The number of hydrogen-bond acceptors (Lipinski definition) is 3. The highest BCUT2D eigenvalue weighted by atomic mass is 16.2. The average molecular weight is 375 g/mol. The molecule has 0 aromatic carbocycles. The van der Waals surface area contributed by atoms with Gasteiger partial charge in [0.2, 0.25) is 5.91 Å². The molecule has 3 heterocycles. The van der Waals surface area contributed by atoms with Gasteiger partial charge in [-0.1, -0.05) is 0 Å². The summed E-state index contributed by atoms with van der Waals surface area (Å²) in [5, 5.41) is 3.16. The maximum atomic E-state index is 12.7. The fraction of sp³-hybridized carbons (Fsp3) is 0.905. The molecule has 2 saturated carbocycles. The minimum Gasteiger partial charge on any atom is -0.341 e. The number of nitrogens with one attached hydrogen (secondary N) is 1. The van der Waals surface area contributed by atoms with E-state index in [2.05, 4.69) is 15.1 Å². The number of urea groups is 1. The van der Waals surface area contributed by atoms with Gasteiger partial charge in [0.1, 0.15) is 0 Å². The maximum Gasteiger partial charge on any atom is 0.318 e. The van der Waals surface area contributed by atoms with E-state index in [1.807, 2.05) is 4.90 Å². The van der Waals surface area contributed by atoms with Gasteiger partial charge in [0, 0.05) is 45.7 Å². The van der Waals surface area contributed by atoms with Crippen LogP contribution in [-0.4, -0.2) is 77.5 Å². The second-order valence-electron chi connectivity index (χ2n) is 9.94. The topological polar surface area (TPSA) is 55.9 Å². The molecule has 6 heteroatoms. The second-order valence-corrected chi connectivity index (χ2v) is 9.94. The SMILES string of the molecule is CC(=O)N1CCC2C(C1)NC(=O)N2C1CCN(CC23CCC(CC2)C3)CC1. The Morgan fingerprint density at radius 3 is 2.48 bits per heavy atom. The van der Waals surface area contributed by atoms with Crippen molar-refractivity contribution in [3.05, 3.63) is 0 Å². The summed E-state index contributed by atoms with van der Waals surface area (Å²) in [4.78, 5) is 31.1. The zero-order valence-electron chi connectivity index (χ0n) is 16.7. The molecule has 2 unspecified atom stereocenters. The van der Waals surface area contributed by atoms with Gasteiger partial charge in [-0.15, -0.1) is 0 Å². The van der Waals surface area contributed by atoms with Crippen LogP contribution in [0.2, 0.25) is 0 Å². The Hall–Kier alpha value is -1.30. The highest BCUT2D eigenvalue weighted by Crippen LogP contribution is 2.54. The van der Waals surface area contributed by atoms with Gasteiger partial charge in [0.05, 0.1) is 12.1 Å². The van der Waals surface area contributed by atoms with Gasteiger partial charge in [-0.2, -0.15) is 0 Å². The number of fused-ring (bicyclic) bond motifs is 3. The van der Waals surface area contributed by atoms with E-state index in [0.717, 1.165) is 44.8 Å². The lowest BCUT2D eigenvalue weighted by Crippen LogP contribution is -2.55. The lowest BCUT2D eigenvalue weighted by atomic mass is 9.83. The van der Waals surface area contributed by atoms with Gasteiger partial charge < -0.3 is 20.0 Å². The number of nitrogens with zero attached hydrogens (tertiary/aromatic N) is 3. The molecule has 2 bridgehead atoms. The Morgan fingerprint density at radius 2 is 1.85 bits per heavy atom. The standard InChI is InChI=1S/C21H34N4O2/c1-15(26)24-11-6-19-18(13-24)22-20(27)25(19)17-4-9-23(10-5-17)14-21-7-2-16(12-21)3-8-21/h16-19H,2-14H2,1H3,(H,22,27). The molecule has 3 saturated heterocycles. The number of piperidine rings is 2. The third-order valence-electron chi connectivity index (χ3n) is 8.32. The summed E-state index contributed by atoms with van der Waals surface area (Å²) in [6.07, 6.45) is 10.4. The zero-order chi connectivity index (χ0) is 18.6. The van der Waals surface area contributed by atoms with Crippen molar-refractivity contribution in [3.8, 4) is 0 Å². The molecular formula is C21H34N4O2. The zero-order valence-corrected chi connectivity index (χ0v) is 16.7. The number of rotatable bonds is 3. The van der Waals surface area contributed by atoms with Crippen LogP contribution in [0.3, 0.4) is 0 Å². The average Bonchev–Trinajstić information content (AvgIpc) is 3.33. The molecule has 150 valence electrons. The van der Waals surface area contributed by atoms with Crippen molar-refractivity contribution in [2.75, 3.05) is 32.7 Å². The molecule has 1 N–H and O–H groups in total. The smallest absolute Gasteiger partial charge is 0.318 e. The summed E-state index contributed by atoms with van der Waals surface area (Å²) in [5.74, 6) is 1.14. The van der Waals surface area contributed by atoms with Crippen LogP contribution < -0.4 is 5.32 Å². The Morgan fingerprint density at radius 1 is 1.11 bits per heavy atom. The first kappa shape index (κ1) is 17.8. The molecule has 2 atom stereocenters. The molecule has 0 spiro atoms. The van der Waals surface area contributed by atoms with E-state index in [-0.39, 0.29) is 24.0 Å². The summed E-state index contributed by atoms with van der Waals surface area (Å²) < 4.78 is 0. The first-order valence-corrected chi connectivity index (χ1v) is 11.1. The molecule has 5 rings (SSSR count). The minimum atomic E-state index is 0.0990. The number of amides is 3. The lowest BCUT2D eigenvalue weighted by Gasteiger charge is -2.43. The van der Waals surface area contributed by atoms with Crippen molar-refractivity contribution >= 4 is 11.9 Å². The molecule has 3 aliphatic heterocycles. The van der Waals surface area contributed by atoms with Crippen molar-refractivity contribution in [2.24, 2.45) is 11.3 Å². The van der Waals surface area contributed by atoms with Crippen LogP contribution in [0.1, 0.15) is 58.3 Å². The van der Waals surface area contributed by atoms with E-state index >= 15 is 0 Å². The van der Waals surface area contributed by atoms with Crippen LogP contribution in [0.5, 0.6) is 0 Å². The van der Waals surface area contributed by atoms with Crippen LogP contribution in [0.4, 0.5) is 4.79 Å². The summed E-state index contributed by atoms with van der Waals surface area (Å²) in [6.45, 7) is 6.65. The molecule has 0 aromatic rings. The van der Waals surface area contributed by atoms with Gasteiger partial charge in [-0.05, 0) is 62.7 Å². The third kappa shape index (κ3) is 3.14. The Labute approximate surface area is 162 Å². The summed E-state index contributed by atoms with van der Waals surface area (Å²) in [5.41, 5.74) is 0.632. The molecule has 6 nitrogen and oxygen atoms in total. The highest BCUT2D eigenvalue weighted by molar-refractivity contribution is 5.79. The predicted octanol–water partition coefficient (Wildman–Crippen LogP) is 2.05. The molecule has 2 aliphatic carbocycles. The number of likely N-dealkylation sites (tertiary alicyclic amines) is 2. The predicted molar refractivity (Wildman–Crippen MR) is 103 cm³/mol. The molecular weight excluding hydrogens is 340 g/mol. The largest absolute Gasteiger partial charge is 0.341 e. The molecule has 3 amide bonds. The second kappa shape index (κ2) is 6.64. The molecule has 27 heavy (non-hydrogen) atoms. The van der Waals surface area contributed by atoms with E-state index in [4.69, 9.17) is 0 Å². The third-order valence-corrected chi connectivity index (χ3v) is 8.32. The number of hydrogen-bond donors (Lipinski definition) is 1. The van der Waals surface area contributed by atoms with Gasteiger partial charge >= 0.3 is 6.03 Å². The molecule has 5 aliphatic rings. The van der Waals surface area contributed by atoms with Gasteiger partial charge in [-0.25, -0.2) is 4.79 Å². The van der Waals surface area contributed by atoms with Gasteiger partial charge in [-0.3, -0.25) is 4.79 Å². The van der Waals surface area contributed by atoms with E-state index in [0.29, 0.717) is 18.0 Å². The summed E-state index contributed by atoms with van der Waals surface area (Å²) >= 11 is 0. The number of carbonyl (C=O) groups excluding carboxylic acids is 2. The van der Waals surface area contributed by atoms with E-state index in [1.54, 1.807) is 6.92 Å². The van der Waals surface area contributed by atoms with Crippen molar-refractivity contribution in [3.63, 3.8) is 0 Å². The number of carbonyl (C=O) groups is 2. The van der Waals surface area contributed by atoms with Crippen LogP contribution in [0, 0.1) is 11.3 Å². The van der Waals surface area contributed by atoms with E-state index in [9.17, 15) is 9.59 Å². The fourth-order valence-corrected chi connectivity index (χ4v) is 6.88.